The molecule has 3 heteroatoms. The summed E-state index contributed by atoms with van der Waals surface area (Å²) in [7, 11) is -2.91. The lowest BCUT2D eigenvalue weighted by atomic mass is 9.98. The van der Waals surface area contributed by atoms with Gasteiger partial charge in [-0.25, -0.2) is 0 Å². The molecule has 0 aliphatic carbocycles. The molecule has 63 heavy (non-hydrogen) atoms. The predicted molar refractivity (Wildman–Crippen MR) is 270 cm³/mol. The molecular formula is C60H42N2Si. The molecule has 2 nitrogen and oxygen atoms in total. The van der Waals surface area contributed by atoms with Crippen LogP contribution in [0.3, 0.4) is 0 Å². The highest BCUT2D eigenvalue weighted by molar-refractivity contribution is 7.20. The van der Waals surface area contributed by atoms with Crippen molar-refractivity contribution in [2.75, 3.05) is 0 Å². The van der Waals surface area contributed by atoms with E-state index in [0.717, 1.165) is 11.4 Å². The molecule has 0 radical (unpaired) electrons. The standard InChI is InChI=1S/C60H42N2Si/c1-6-23-43(24-7-1)49-33-16-19-36-53(49)62-55-38-21-17-34-50(55)59-52(44-25-8-2-9-26-44)41-45(42-57(59)62)61-54-37-20-18-35-51(54)60-56(61)39-22-40-58(60)63(46-27-10-3-11-28-46,47-29-12-4-13-30-47)48-31-14-5-15-32-48/h1-42H. The lowest BCUT2D eigenvalue weighted by Crippen LogP contribution is -2.74. The van der Waals surface area contributed by atoms with Crippen LogP contribution in [0.1, 0.15) is 0 Å². The first-order valence-electron chi connectivity index (χ1n) is 21.8. The van der Waals surface area contributed by atoms with E-state index >= 15 is 0 Å². The van der Waals surface area contributed by atoms with E-state index in [1.54, 1.807) is 0 Å². The third-order valence-electron chi connectivity index (χ3n) is 13.1. The number of fused-ring (bicyclic) bond motifs is 6. The monoisotopic (exact) mass is 818 g/mol. The molecule has 0 aliphatic heterocycles. The Bertz CT molecular complexity index is 3500. The normalized spacial score (nSPS) is 11.8. The van der Waals surface area contributed by atoms with E-state index in [-0.39, 0.29) is 0 Å². The fourth-order valence-electron chi connectivity index (χ4n) is 10.5. The van der Waals surface area contributed by atoms with Crippen LogP contribution in [0, 0.1) is 0 Å². The number of benzene rings is 10. The highest BCUT2D eigenvalue weighted by Crippen LogP contribution is 2.43. The average molecular weight is 819 g/mol. The topological polar surface area (TPSA) is 9.86 Å². The molecule has 0 unspecified atom stereocenters. The number of hydrogen-bond acceptors (Lipinski definition) is 0. The fourth-order valence-corrected chi connectivity index (χ4v) is 15.5. The van der Waals surface area contributed by atoms with Crippen molar-refractivity contribution in [2.45, 2.75) is 0 Å². The summed E-state index contributed by atoms with van der Waals surface area (Å²) < 4.78 is 5.03. The number of para-hydroxylation sites is 3. The van der Waals surface area contributed by atoms with Crippen LogP contribution in [-0.2, 0) is 0 Å². The minimum atomic E-state index is -2.91. The number of aromatic nitrogens is 2. The van der Waals surface area contributed by atoms with E-state index < -0.39 is 8.07 Å². The van der Waals surface area contributed by atoms with Gasteiger partial charge >= 0.3 is 0 Å². The Kier molecular flexibility index (Phi) is 8.87. The Morgan fingerprint density at radius 1 is 0.286 bits per heavy atom. The van der Waals surface area contributed by atoms with Crippen molar-refractivity contribution in [1.82, 2.24) is 9.13 Å². The van der Waals surface area contributed by atoms with Gasteiger partial charge in [0.05, 0.1) is 27.8 Å². The molecule has 0 spiro atoms. The van der Waals surface area contributed by atoms with E-state index in [0.29, 0.717) is 0 Å². The van der Waals surface area contributed by atoms with E-state index in [4.69, 9.17) is 0 Å². The summed E-state index contributed by atoms with van der Waals surface area (Å²) in [6, 6.07) is 94.3. The Labute approximate surface area is 368 Å². The molecular weight excluding hydrogens is 777 g/mol. The largest absolute Gasteiger partial charge is 0.309 e. The van der Waals surface area contributed by atoms with Crippen LogP contribution >= 0.6 is 0 Å². The zero-order valence-electron chi connectivity index (χ0n) is 34.6. The van der Waals surface area contributed by atoms with Gasteiger partial charge in [-0.3, -0.25) is 0 Å². The molecule has 2 heterocycles. The lowest BCUT2D eigenvalue weighted by molar-refractivity contribution is 1.16. The van der Waals surface area contributed by atoms with Crippen molar-refractivity contribution in [1.29, 1.82) is 0 Å². The van der Waals surface area contributed by atoms with E-state index in [9.17, 15) is 0 Å². The minimum absolute atomic E-state index is 1.12. The molecule has 0 aliphatic rings. The summed E-state index contributed by atoms with van der Waals surface area (Å²) in [5, 5.41) is 10.5. The molecule has 12 aromatic rings. The Morgan fingerprint density at radius 2 is 0.730 bits per heavy atom. The van der Waals surface area contributed by atoms with Crippen molar-refractivity contribution in [2.24, 2.45) is 0 Å². The van der Waals surface area contributed by atoms with Gasteiger partial charge in [0.15, 0.2) is 8.07 Å². The molecule has 10 aromatic carbocycles. The average Bonchev–Trinajstić information content (AvgIpc) is 3.89. The maximum Gasteiger partial charge on any atom is 0.180 e. The van der Waals surface area contributed by atoms with Crippen molar-refractivity contribution in [3.8, 4) is 33.6 Å². The molecule has 296 valence electrons. The summed E-state index contributed by atoms with van der Waals surface area (Å²) in [5.41, 5.74) is 11.8. The second kappa shape index (κ2) is 15.2. The molecule has 0 N–H and O–H groups in total. The van der Waals surface area contributed by atoms with Gasteiger partial charge in [0.25, 0.3) is 0 Å². The van der Waals surface area contributed by atoms with Gasteiger partial charge in [0.1, 0.15) is 0 Å². The van der Waals surface area contributed by atoms with Crippen LogP contribution in [0.25, 0.3) is 77.2 Å². The van der Waals surface area contributed by atoms with Crippen molar-refractivity contribution >= 4 is 72.4 Å². The van der Waals surface area contributed by atoms with Crippen molar-refractivity contribution < 1.29 is 0 Å². The summed E-state index contributed by atoms with van der Waals surface area (Å²) in [6.07, 6.45) is 0. The van der Waals surface area contributed by atoms with E-state index in [2.05, 4.69) is 264 Å². The zero-order chi connectivity index (χ0) is 41.7. The van der Waals surface area contributed by atoms with Crippen LogP contribution in [0.4, 0.5) is 0 Å². The van der Waals surface area contributed by atoms with Gasteiger partial charge < -0.3 is 9.13 Å². The predicted octanol–water partition coefficient (Wildman–Crippen LogP) is 12.6. The second-order valence-corrected chi connectivity index (χ2v) is 20.2. The fraction of sp³-hybridized carbons (Fsp3) is 0. The number of hydrogen-bond donors (Lipinski definition) is 0. The van der Waals surface area contributed by atoms with Crippen molar-refractivity contribution in [3.63, 3.8) is 0 Å². The first kappa shape index (κ1) is 36.8. The van der Waals surface area contributed by atoms with Gasteiger partial charge in [-0.05, 0) is 73.8 Å². The Morgan fingerprint density at radius 3 is 1.32 bits per heavy atom. The highest BCUT2D eigenvalue weighted by atomic mass is 28.3. The van der Waals surface area contributed by atoms with Crippen LogP contribution in [-0.4, -0.2) is 17.2 Å². The third-order valence-corrected chi connectivity index (χ3v) is 17.9. The second-order valence-electron chi connectivity index (χ2n) is 16.4. The van der Waals surface area contributed by atoms with Crippen molar-refractivity contribution in [3.05, 3.63) is 255 Å². The number of nitrogens with zero attached hydrogens (tertiary/aromatic N) is 2. The first-order valence-corrected chi connectivity index (χ1v) is 23.8. The molecule has 12 rings (SSSR count). The van der Waals surface area contributed by atoms with E-state index in [1.165, 1.54) is 86.6 Å². The maximum atomic E-state index is 2.53. The van der Waals surface area contributed by atoms with Gasteiger partial charge in [-0.1, -0.05) is 218 Å². The lowest BCUT2D eigenvalue weighted by Gasteiger charge is -2.35. The maximum absolute atomic E-state index is 2.91. The molecule has 0 amide bonds. The van der Waals surface area contributed by atoms with Gasteiger partial charge in [0.2, 0.25) is 0 Å². The highest BCUT2D eigenvalue weighted by Gasteiger charge is 2.43. The number of rotatable bonds is 8. The smallest absolute Gasteiger partial charge is 0.180 e. The molecule has 0 saturated heterocycles. The third kappa shape index (κ3) is 5.78. The van der Waals surface area contributed by atoms with Crippen LogP contribution in [0.5, 0.6) is 0 Å². The molecule has 0 fully saturated rings. The molecule has 0 bridgehead atoms. The van der Waals surface area contributed by atoms with Gasteiger partial charge in [0, 0.05) is 32.8 Å². The van der Waals surface area contributed by atoms with E-state index in [1.807, 2.05) is 0 Å². The Balaban J connectivity index is 1.23. The molecule has 0 saturated carbocycles. The van der Waals surface area contributed by atoms with Crippen LogP contribution < -0.4 is 20.7 Å². The molecule has 2 aromatic heterocycles. The summed E-state index contributed by atoms with van der Waals surface area (Å²) in [4.78, 5) is 0. The summed E-state index contributed by atoms with van der Waals surface area (Å²) in [6.45, 7) is 0. The summed E-state index contributed by atoms with van der Waals surface area (Å²) in [5.74, 6) is 0. The van der Waals surface area contributed by atoms with Gasteiger partial charge in [-0.2, -0.15) is 0 Å². The quantitative estimate of drug-likeness (QED) is 0.107. The first-order chi connectivity index (χ1) is 31.3. The van der Waals surface area contributed by atoms with Crippen LogP contribution in [0.2, 0.25) is 0 Å². The SMILES string of the molecule is c1ccc(-c2ccccc2-n2c3ccccc3c3c(-c4ccccc4)cc(-n4c5ccccc5c5c([Si](c6ccccc6)(c6ccccc6)c6ccccc6)cccc54)cc32)cc1. The van der Waals surface area contributed by atoms with Crippen LogP contribution in [0.15, 0.2) is 255 Å². The summed E-state index contributed by atoms with van der Waals surface area (Å²) >= 11 is 0. The minimum Gasteiger partial charge on any atom is -0.309 e. The molecule has 0 atom stereocenters. The Hall–Kier alpha value is -7.98. The zero-order valence-corrected chi connectivity index (χ0v) is 35.6. The van der Waals surface area contributed by atoms with Gasteiger partial charge in [-0.15, -0.1) is 0 Å².